The summed E-state index contributed by atoms with van der Waals surface area (Å²) in [6.45, 7) is 6.27. The fraction of sp³-hybridized carbons (Fsp3) is 0.400. The van der Waals surface area contributed by atoms with E-state index in [9.17, 15) is 14.9 Å². The molecule has 0 radical (unpaired) electrons. The molecule has 0 atom stereocenters. The lowest BCUT2D eigenvalue weighted by Gasteiger charge is -2.26. The van der Waals surface area contributed by atoms with Gasteiger partial charge in [0.05, 0.1) is 24.0 Å². The zero-order valence-electron chi connectivity index (χ0n) is 17.9. The number of hydrogen-bond donors (Lipinski definition) is 1. The van der Waals surface area contributed by atoms with Crippen molar-refractivity contribution < 1.29 is 19.0 Å². The smallest absolute Gasteiger partial charge is 0.379 e. The van der Waals surface area contributed by atoms with Crippen molar-refractivity contribution in [2.24, 2.45) is 0 Å². The second-order valence-electron chi connectivity index (χ2n) is 7.54. The normalized spacial score (nSPS) is 14.4. The van der Waals surface area contributed by atoms with Crippen LogP contribution in [0.1, 0.15) is 33.3 Å². The number of aromatic nitrogens is 4. The molecule has 1 aliphatic rings. The third-order valence-electron chi connectivity index (χ3n) is 5.23. The predicted molar refractivity (Wildman–Crippen MR) is 118 cm³/mol. The molecule has 3 heterocycles. The Morgan fingerprint density at radius 3 is 2.58 bits per heavy atom. The standard InChI is InChI=1S/C20H22BrN7O5/c1-13-17(21)18(28(30)31)24-27(13)12-16-23-20(33-25-16)19(29)22-10-14-2-4-15(5-3-14)11-26-6-8-32-9-7-26/h2-5H,6-12H2,1H3,(H,22,29). The molecule has 0 bridgehead atoms. The number of morpholine rings is 1. The van der Waals surface area contributed by atoms with E-state index in [-0.39, 0.29) is 28.6 Å². The first-order valence-electron chi connectivity index (χ1n) is 10.3. The predicted octanol–water partition coefficient (Wildman–Crippen LogP) is 2.06. The number of benzene rings is 1. The summed E-state index contributed by atoms with van der Waals surface area (Å²) < 4.78 is 12.1. The number of amides is 1. The maximum absolute atomic E-state index is 12.4. The molecule has 3 aromatic rings. The maximum Gasteiger partial charge on any atom is 0.404 e. The zero-order chi connectivity index (χ0) is 23.4. The van der Waals surface area contributed by atoms with Gasteiger partial charge >= 0.3 is 17.6 Å². The number of nitrogens with one attached hydrogen (secondary N) is 1. The molecule has 1 fully saturated rings. The van der Waals surface area contributed by atoms with Crippen molar-refractivity contribution in [1.82, 2.24) is 30.1 Å². The minimum absolute atomic E-state index is 0.0274. The lowest BCUT2D eigenvalue weighted by molar-refractivity contribution is -0.390. The Hall–Kier alpha value is -3.16. The number of ether oxygens (including phenoxy) is 1. The summed E-state index contributed by atoms with van der Waals surface area (Å²) in [6, 6.07) is 8.04. The van der Waals surface area contributed by atoms with E-state index in [1.165, 1.54) is 10.2 Å². The van der Waals surface area contributed by atoms with Crippen LogP contribution in [0.2, 0.25) is 0 Å². The van der Waals surface area contributed by atoms with Crippen LogP contribution in [0.25, 0.3) is 0 Å². The van der Waals surface area contributed by atoms with E-state index in [0.29, 0.717) is 12.2 Å². The van der Waals surface area contributed by atoms with E-state index < -0.39 is 10.8 Å². The van der Waals surface area contributed by atoms with Gasteiger partial charge in [-0.05, 0) is 38.9 Å². The van der Waals surface area contributed by atoms with Crippen molar-refractivity contribution in [2.45, 2.75) is 26.6 Å². The highest BCUT2D eigenvalue weighted by Crippen LogP contribution is 2.27. The van der Waals surface area contributed by atoms with Gasteiger partial charge in [-0.3, -0.25) is 9.69 Å². The van der Waals surface area contributed by atoms with Crippen molar-refractivity contribution in [1.29, 1.82) is 0 Å². The minimum atomic E-state index is -0.585. The fourth-order valence-electron chi connectivity index (χ4n) is 3.36. The molecular weight excluding hydrogens is 498 g/mol. The molecule has 1 aromatic carbocycles. The van der Waals surface area contributed by atoms with Crippen LogP contribution in [0.5, 0.6) is 0 Å². The van der Waals surface area contributed by atoms with Gasteiger partial charge in [0.2, 0.25) is 0 Å². The first-order chi connectivity index (χ1) is 15.9. The Morgan fingerprint density at radius 2 is 1.91 bits per heavy atom. The Kier molecular flexibility index (Phi) is 7.11. The van der Waals surface area contributed by atoms with E-state index in [2.05, 4.69) is 41.4 Å². The zero-order valence-corrected chi connectivity index (χ0v) is 19.4. The van der Waals surface area contributed by atoms with Gasteiger partial charge in [-0.25, -0.2) is 0 Å². The second-order valence-corrected chi connectivity index (χ2v) is 8.33. The number of hydrogen-bond acceptors (Lipinski definition) is 9. The molecule has 1 saturated heterocycles. The van der Waals surface area contributed by atoms with Crippen LogP contribution in [0.3, 0.4) is 0 Å². The largest absolute Gasteiger partial charge is 0.404 e. The molecular formula is C20H22BrN7O5. The summed E-state index contributed by atoms with van der Waals surface area (Å²) in [6.07, 6.45) is 0. The highest BCUT2D eigenvalue weighted by Gasteiger charge is 2.25. The van der Waals surface area contributed by atoms with Gasteiger partial charge in [0.15, 0.2) is 5.82 Å². The summed E-state index contributed by atoms with van der Waals surface area (Å²) in [5.74, 6) is -0.812. The SMILES string of the molecule is Cc1c(Br)c([N+](=O)[O-])nn1Cc1noc(C(=O)NCc2ccc(CN3CCOCC3)cc2)n1. The van der Waals surface area contributed by atoms with Gasteiger partial charge in [-0.2, -0.15) is 9.67 Å². The number of rotatable bonds is 8. The monoisotopic (exact) mass is 519 g/mol. The van der Waals surface area contributed by atoms with Crippen molar-refractivity contribution in [3.8, 4) is 0 Å². The summed E-state index contributed by atoms with van der Waals surface area (Å²) in [5, 5.41) is 21.5. The van der Waals surface area contributed by atoms with Crippen LogP contribution < -0.4 is 5.32 Å². The first kappa shape index (κ1) is 23.0. The topological polar surface area (TPSA) is 141 Å². The van der Waals surface area contributed by atoms with Crippen molar-refractivity contribution in [3.63, 3.8) is 0 Å². The molecule has 1 N–H and O–H groups in total. The Balaban J connectivity index is 1.31. The third-order valence-corrected chi connectivity index (χ3v) is 6.16. The van der Waals surface area contributed by atoms with Crippen LogP contribution in [0.4, 0.5) is 5.82 Å². The Labute approximate surface area is 197 Å². The third kappa shape index (κ3) is 5.61. The van der Waals surface area contributed by atoms with Crippen molar-refractivity contribution >= 4 is 27.7 Å². The van der Waals surface area contributed by atoms with Gasteiger partial charge < -0.3 is 24.7 Å². The van der Waals surface area contributed by atoms with Gasteiger partial charge in [0.25, 0.3) is 0 Å². The van der Waals surface area contributed by atoms with Gasteiger partial charge in [0, 0.05) is 26.2 Å². The summed E-state index contributed by atoms with van der Waals surface area (Å²) in [5.41, 5.74) is 2.68. The summed E-state index contributed by atoms with van der Waals surface area (Å²) >= 11 is 3.15. The lowest BCUT2D eigenvalue weighted by atomic mass is 10.1. The number of nitrogens with zero attached hydrogens (tertiary/aromatic N) is 6. The van der Waals surface area contributed by atoms with Crippen LogP contribution in [-0.4, -0.2) is 62.0 Å². The van der Waals surface area contributed by atoms with Crippen LogP contribution in [0.15, 0.2) is 33.3 Å². The van der Waals surface area contributed by atoms with E-state index in [0.717, 1.165) is 38.4 Å². The molecule has 0 saturated carbocycles. The van der Waals surface area contributed by atoms with Crippen LogP contribution in [-0.2, 0) is 24.4 Å². The maximum atomic E-state index is 12.4. The summed E-state index contributed by atoms with van der Waals surface area (Å²) in [7, 11) is 0. The number of carbonyl (C=O) groups excluding carboxylic acids is 1. The summed E-state index contributed by atoms with van der Waals surface area (Å²) in [4.78, 5) is 29.2. The molecule has 0 unspecified atom stereocenters. The Bertz CT molecular complexity index is 1140. The van der Waals surface area contributed by atoms with E-state index >= 15 is 0 Å². The molecule has 174 valence electrons. The van der Waals surface area contributed by atoms with Gasteiger partial charge in [-0.1, -0.05) is 29.4 Å². The highest BCUT2D eigenvalue weighted by molar-refractivity contribution is 9.10. The lowest BCUT2D eigenvalue weighted by Crippen LogP contribution is -2.35. The highest BCUT2D eigenvalue weighted by atomic mass is 79.9. The first-order valence-corrected chi connectivity index (χ1v) is 11.1. The number of halogens is 1. The second kappa shape index (κ2) is 10.2. The van der Waals surface area contributed by atoms with E-state index in [1.54, 1.807) is 6.92 Å². The van der Waals surface area contributed by atoms with E-state index in [4.69, 9.17) is 9.26 Å². The van der Waals surface area contributed by atoms with Gasteiger partial charge in [0.1, 0.15) is 11.0 Å². The molecule has 0 aliphatic carbocycles. The van der Waals surface area contributed by atoms with Gasteiger partial charge in [-0.15, -0.1) is 0 Å². The van der Waals surface area contributed by atoms with Crippen molar-refractivity contribution in [2.75, 3.05) is 26.3 Å². The number of carbonyl (C=O) groups is 1. The molecule has 13 heteroatoms. The average molecular weight is 520 g/mol. The Morgan fingerprint density at radius 1 is 1.21 bits per heavy atom. The molecule has 4 rings (SSSR count). The van der Waals surface area contributed by atoms with Crippen LogP contribution >= 0.6 is 15.9 Å². The molecule has 12 nitrogen and oxygen atoms in total. The van der Waals surface area contributed by atoms with E-state index in [1.807, 2.05) is 24.3 Å². The minimum Gasteiger partial charge on any atom is -0.379 e. The molecule has 33 heavy (non-hydrogen) atoms. The van der Waals surface area contributed by atoms with Crippen LogP contribution in [0, 0.1) is 17.0 Å². The van der Waals surface area contributed by atoms with Crippen molar-refractivity contribution in [3.05, 3.63) is 67.4 Å². The molecule has 1 amide bonds. The molecule has 1 aliphatic heterocycles. The molecule has 2 aromatic heterocycles. The quantitative estimate of drug-likeness (QED) is 0.349. The average Bonchev–Trinajstić information content (AvgIpc) is 3.40. The molecule has 0 spiro atoms. The number of nitro groups is 1. The fourth-order valence-corrected chi connectivity index (χ4v) is 3.79.